The van der Waals surface area contributed by atoms with Crippen LogP contribution in [0.15, 0.2) is 0 Å². The minimum Gasteiger partial charge on any atom is -0.323 e. The topological polar surface area (TPSA) is 138 Å². The molecule has 1 saturated heterocycles. The minimum atomic E-state index is -5.17. The van der Waals surface area contributed by atoms with Gasteiger partial charge < -0.3 is 19.6 Å². The number of hydroxylamine groups is 2. The van der Waals surface area contributed by atoms with Crippen molar-refractivity contribution in [2.45, 2.75) is 17.9 Å². The second-order valence-corrected chi connectivity index (χ2v) is 7.08. The van der Waals surface area contributed by atoms with Gasteiger partial charge in [-0.05, 0) is 12.8 Å². The molecule has 14 heavy (non-hydrogen) atoms. The standard InChI is InChI=1S/C4H10NO7P2/c6-5-3-1-2-4(5,13(7,8)9)14(10,11)12/h1-3H2,(H2,7,8,9)(H2,10,11,12). The van der Waals surface area contributed by atoms with E-state index in [1.807, 2.05) is 0 Å². The van der Waals surface area contributed by atoms with E-state index in [0.717, 1.165) is 0 Å². The highest BCUT2D eigenvalue weighted by Gasteiger charge is 2.66. The third-order valence-corrected chi connectivity index (χ3v) is 6.53. The Morgan fingerprint density at radius 3 is 1.64 bits per heavy atom. The van der Waals surface area contributed by atoms with E-state index in [0.29, 0.717) is 0 Å². The van der Waals surface area contributed by atoms with Crippen molar-refractivity contribution in [3.8, 4) is 0 Å². The maximum Gasteiger partial charge on any atom is 0.360 e. The summed E-state index contributed by atoms with van der Waals surface area (Å²) in [6.07, 6.45) is -0.440. The molecule has 0 aromatic rings. The van der Waals surface area contributed by atoms with E-state index in [2.05, 4.69) is 0 Å². The van der Waals surface area contributed by atoms with Gasteiger partial charge in [0.1, 0.15) is 0 Å². The fourth-order valence-corrected chi connectivity index (χ4v) is 4.55. The Bertz CT molecular complexity index is 296. The van der Waals surface area contributed by atoms with Gasteiger partial charge in [0.05, 0.1) is 0 Å². The second-order valence-electron chi connectivity index (χ2n) is 3.07. The van der Waals surface area contributed by atoms with E-state index in [9.17, 15) is 14.3 Å². The van der Waals surface area contributed by atoms with Gasteiger partial charge in [0.15, 0.2) is 0 Å². The summed E-state index contributed by atoms with van der Waals surface area (Å²) in [5.74, 6) is 0. The van der Waals surface area contributed by atoms with Gasteiger partial charge in [-0.1, -0.05) is 0 Å². The van der Waals surface area contributed by atoms with E-state index >= 15 is 0 Å². The van der Waals surface area contributed by atoms with Gasteiger partial charge in [-0.2, -0.15) is 0 Å². The van der Waals surface area contributed by atoms with Gasteiger partial charge in [-0.25, -0.2) is 0 Å². The van der Waals surface area contributed by atoms with Gasteiger partial charge in [-0.15, -0.1) is 10.3 Å². The predicted molar refractivity (Wildman–Crippen MR) is 43.4 cm³/mol. The summed E-state index contributed by atoms with van der Waals surface area (Å²) in [5.41, 5.74) is 0. The van der Waals surface area contributed by atoms with Gasteiger partial charge in [0.25, 0.3) is 0 Å². The second kappa shape index (κ2) is 3.37. The molecular weight excluding hydrogens is 236 g/mol. The average molecular weight is 246 g/mol. The molecule has 1 aliphatic rings. The molecule has 1 heterocycles. The smallest absolute Gasteiger partial charge is 0.323 e. The van der Waals surface area contributed by atoms with Gasteiger partial charge in [0, 0.05) is 6.54 Å². The van der Waals surface area contributed by atoms with Crippen molar-refractivity contribution in [2.24, 2.45) is 0 Å². The first-order chi connectivity index (χ1) is 6.13. The highest BCUT2D eigenvalue weighted by atomic mass is 31.2. The van der Waals surface area contributed by atoms with Crippen molar-refractivity contribution >= 4 is 15.2 Å². The minimum absolute atomic E-state index is 0.0553. The van der Waals surface area contributed by atoms with E-state index in [1.54, 1.807) is 0 Å². The molecular formula is C4H10NO7P2. The lowest BCUT2D eigenvalue weighted by Gasteiger charge is -2.33. The number of nitrogens with zero attached hydrogens (tertiary/aromatic N) is 1. The zero-order valence-electron chi connectivity index (χ0n) is 6.98. The van der Waals surface area contributed by atoms with Crippen LogP contribution in [0.4, 0.5) is 0 Å². The third kappa shape index (κ3) is 1.58. The number of hydrogen-bond donors (Lipinski definition) is 4. The fraction of sp³-hybridized carbons (Fsp3) is 1.00. The lowest BCUT2D eigenvalue weighted by Crippen LogP contribution is -2.40. The van der Waals surface area contributed by atoms with Gasteiger partial charge in [0.2, 0.25) is 5.02 Å². The molecule has 0 aromatic heterocycles. The van der Waals surface area contributed by atoms with Crippen LogP contribution >= 0.6 is 15.2 Å². The Morgan fingerprint density at radius 2 is 1.50 bits per heavy atom. The third-order valence-electron chi connectivity index (χ3n) is 2.21. The summed E-state index contributed by atoms with van der Waals surface area (Å²) in [7, 11) is -10.3. The van der Waals surface area contributed by atoms with Gasteiger partial charge in [-0.3, -0.25) is 9.13 Å². The zero-order valence-corrected chi connectivity index (χ0v) is 8.77. The van der Waals surface area contributed by atoms with Crippen molar-refractivity contribution in [2.75, 3.05) is 6.54 Å². The molecule has 4 N–H and O–H groups in total. The summed E-state index contributed by atoms with van der Waals surface area (Å²) in [4.78, 5) is 35.4. The van der Waals surface area contributed by atoms with Crippen LogP contribution in [-0.2, 0) is 14.3 Å². The molecule has 1 rings (SSSR count). The van der Waals surface area contributed by atoms with Crippen molar-refractivity contribution in [3.05, 3.63) is 0 Å². The maximum atomic E-state index is 11.1. The molecule has 10 heteroatoms. The monoisotopic (exact) mass is 246 g/mol. The van der Waals surface area contributed by atoms with E-state index in [-0.39, 0.29) is 18.0 Å². The van der Waals surface area contributed by atoms with Crippen LogP contribution in [0.3, 0.4) is 0 Å². The predicted octanol–water partition coefficient (Wildman–Crippen LogP) is -0.563. The summed E-state index contributed by atoms with van der Waals surface area (Å²) in [5, 5.41) is 8.07. The lowest BCUT2D eigenvalue weighted by molar-refractivity contribution is -0.167. The molecule has 1 fully saturated rings. The van der Waals surface area contributed by atoms with E-state index in [1.165, 1.54) is 0 Å². The molecule has 0 bridgehead atoms. The molecule has 0 atom stereocenters. The Kier molecular flexibility index (Phi) is 2.95. The van der Waals surface area contributed by atoms with Crippen molar-refractivity contribution in [1.29, 1.82) is 0 Å². The fourth-order valence-electron chi connectivity index (χ4n) is 1.52. The largest absolute Gasteiger partial charge is 0.360 e. The van der Waals surface area contributed by atoms with Crippen LogP contribution in [0.5, 0.6) is 0 Å². The maximum absolute atomic E-state index is 11.1. The van der Waals surface area contributed by atoms with Crippen LogP contribution in [0.1, 0.15) is 12.8 Å². The number of rotatable bonds is 2. The first-order valence-electron chi connectivity index (χ1n) is 3.69. The molecule has 0 amide bonds. The van der Waals surface area contributed by atoms with E-state index < -0.39 is 26.6 Å². The first-order valence-corrected chi connectivity index (χ1v) is 6.91. The normalized spacial score (nSPS) is 24.1. The molecule has 8 nitrogen and oxygen atoms in total. The van der Waals surface area contributed by atoms with Crippen LogP contribution in [0.2, 0.25) is 0 Å². The van der Waals surface area contributed by atoms with E-state index in [4.69, 9.17) is 19.6 Å². The van der Waals surface area contributed by atoms with Crippen LogP contribution in [0.25, 0.3) is 0 Å². The molecule has 1 radical (unpaired) electrons. The Balaban J connectivity index is 3.31. The Morgan fingerprint density at radius 1 is 1.07 bits per heavy atom. The number of hydrogen-bond acceptors (Lipinski definition) is 3. The Hall–Kier alpha value is 0.220. The molecule has 0 unspecified atom stereocenters. The van der Waals surface area contributed by atoms with Gasteiger partial charge >= 0.3 is 15.2 Å². The first kappa shape index (κ1) is 12.3. The summed E-state index contributed by atoms with van der Waals surface area (Å²) in [6.45, 7) is -0.282. The van der Waals surface area contributed by atoms with Crippen LogP contribution in [-0.4, -0.2) is 36.2 Å². The highest BCUT2D eigenvalue weighted by Crippen LogP contribution is 2.73. The average Bonchev–Trinajstić information content (AvgIpc) is 2.27. The quantitative estimate of drug-likeness (QED) is 0.479. The lowest BCUT2D eigenvalue weighted by atomic mass is 10.4. The molecule has 0 saturated carbocycles. The van der Waals surface area contributed by atoms with Crippen molar-refractivity contribution < 1.29 is 33.9 Å². The van der Waals surface area contributed by atoms with Crippen LogP contribution < -0.4 is 0 Å². The molecule has 83 valence electrons. The van der Waals surface area contributed by atoms with Crippen LogP contribution in [0, 0.1) is 0 Å². The SMILES string of the molecule is [O]N1CCCC1(P(=O)(O)O)P(=O)(O)O. The molecule has 0 aliphatic carbocycles. The summed E-state index contributed by atoms with van der Waals surface area (Å²) < 4.78 is 21.9. The Labute approximate surface area is 79.4 Å². The van der Waals surface area contributed by atoms with Crippen molar-refractivity contribution in [1.82, 2.24) is 5.06 Å². The van der Waals surface area contributed by atoms with Crippen molar-refractivity contribution in [3.63, 3.8) is 0 Å². The summed E-state index contributed by atoms with van der Waals surface area (Å²) >= 11 is 0. The highest BCUT2D eigenvalue weighted by molar-refractivity contribution is 7.72. The summed E-state index contributed by atoms with van der Waals surface area (Å²) in [6, 6.07) is 0. The molecule has 1 aliphatic heterocycles. The zero-order chi connectivity index (χ0) is 11.2. The molecule has 0 aromatic carbocycles. The molecule has 0 spiro atoms.